The number of nitrogens with one attached hydrogen (secondary N) is 1. The first-order chi connectivity index (χ1) is 6.27. The van der Waals surface area contributed by atoms with Gasteiger partial charge in [0.05, 0.1) is 12.8 Å². The molecule has 1 N–H and O–H groups in total. The van der Waals surface area contributed by atoms with E-state index >= 15 is 0 Å². The van der Waals surface area contributed by atoms with Gasteiger partial charge >= 0.3 is 5.97 Å². The second kappa shape index (κ2) is 4.81. The van der Waals surface area contributed by atoms with Gasteiger partial charge in [0.2, 0.25) is 0 Å². The summed E-state index contributed by atoms with van der Waals surface area (Å²) in [4.78, 5) is 15.8. The van der Waals surface area contributed by atoms with Crippen molar-refractivity contribution in [2.75, 3.05) is 20.8 Å². The zero-order valence-corrected chi connectivity index (χ0v) is 7.87. The number of rotatable bonds is 2. The van der Waals surface area contributed by atoms with Crippen molar-refractivity contribution in [1.29, 1.82) is 0 Å². The van der Waals surface area contributed by atoms with Crippen LogP contribution in [0, 0.1) is 0 Å². The van der Waals surface area contributed by atoms with Crippen molar-refractivity contribution in [1.82, 2.24) is 5.32 Å². The summed E-state index contributed by atoms with van der Waals surface area (Å²) in [5, 5.41) is 6.87. The number of nitrogens with zero attached hydrogens (tertiary/aromatic N) is 1. The van der Waals surface area contributed by atoms with Crippen molar-refractivity contribution in [3.05, 3.63) is 0 Å². The molecule has 1 heterocycles. The number of esters is 1. The molecule has 1 atom stereocenters. The monoisotopic (exact) mass is 186 g/mol. The molecule has 0 amide bonds. The standard InChI is InChI=1S/C8H14N2O3/c1-12-8(11)7-5-6(10-13-2)3-4-9-7/h7,9H,3-5H2,1-2H3/b10-6+. The molecule has 13 heavy (non-hydrogen) atoms. The van der Waals surface area contributed by atoms with Gasteiger partial charge in [-0.05, 0) is 0 Å². The van der Waals surface area contributed by atoms with Crippen LogP contribution in [0.15, 0.2) is 5.16 Å². The largest absolute Gasteiger partial charge is 0.468 e. The number of carbonyl (C=O) groups is 1. The first kappa shape index (κ1) is 9.98. The van der Waals surface area contributed by atoms with Crippen molar-refractivity contribution in [2.24, 2.45) is 5.16 Å². The summed E-state index contributed by atoms with van der Waals surface area (Å²) in [5.74, 6) is -0.247. The highest BCUT2D eigenvalue weighted by atomic mass is 16.6. The maximum absolute atomic E-state index is 11.1. The van der Waals surface area contributed by atoms with Crippen LogP contribution < -0.4 is 5.32 Å². The molecule has 0 aromatic rings. The molecule has 0 saturated carbocycles. The Bertz CT molecular complexity index is 215. The Kier molecular flexibility index (Phi) is 3.70. The van der Waals surface area contributed by atoms with E-state index in [4.69, 9.17) is 0 Å². The van der Waals surface area contributed by atoms with Gasteiger partial charge in [-0.15, -0.1) is 0 Å². The van der Waals surface area contributed by atoms with Crippen LogP contribution >= 0.6 is 0 Å². The van der Waals surface area contributed by atoms with E-state index in [1.165, 1.54) is 14.2 Å². The second-order valence-corrected chi connectivity index (χ2v) is 2.82. The molecule has 0 aliphatic carbocycles. The Balaban J connectivity index is 2.51. The van der Waals surface area contributed by atoms with Crippen LogP contribution in [0.25, 0.3) is 0 Å². The fourth-order valence-electron chi connectivity index (χ4n) is 1.32. The minimum Gasteiger partial charge on any atom is -0.468 e. The summed E-state index contributed by atoms with van der Waals surface area (Å²) in [6, 6.07) is -0.271. The molecule has 0 bridgehead atoms. The van der Waals surface area contributed by atoms with Gasteiger partial charge in [0.1, 0.15) is 13.2 Å². The molecule has 1 aliphatic heterocycles. The number of ether oxygens (including phenoxy) is 1. The number of piperidine rings is 1. The Morgan fingerprint density at radius 3 is 3.00 bits per heavy atom. The second-order valence-electron chi connectivity index (χ2n) is 2.82. The highest BCUT2D eigenvalue weighted by molar-refractivity contribution is 5.91. The molecule has 1 fully saturated rings. The first-order valence-corrected chi connectivity index (χ1v) is 4.18. The molecule has 0 spiro atoms. The summed E-state index contributed by atoms with van der Waals surface area (Å²) in [6.07, 6.45) is 1.39. The molecule has 1 rings (SSSR count). The number of hydrogen-bond donors (Lipinski definition) is 1. The van der Waals surface area contributed by atoms with Gasteiger partial charge in [-0.1, -0.05) is 5.16 Å². The van der Waals surface area contributed by atoms with Gasteiger partial charge in [0.25, 0.3) is 0 Å². The smallest absolute Gasteiger partial charge is 0.323 e. The highest BCUT2D eigenvalue weighted by Crippen LogP contribution is 2.06. The van der Waals surface area contributed by atoms with E-state index in [0.717, 1.165) is 18.7 Å². The molecule has 1 saturated heterocycles. The van der Waals surface area contributed by atoms with Crippen LogP contribution in [0.2, 0.25) is 0 Å². The van der Waals surface area contributed by atoms with Crippen LogP contribution in [0.5, 0.6) is 0 Å². The third kappa shape index (κ3) is 2.69. The SMILES string of the molecule is CO/N=C1\CCNC(C(=O)OC)C1. The summed E-state index contributed by atoms with van der Waals surface area (Å²) in [6.45, 7) is 0.738. The number of hydrogen-bond acceptors (Lipinski definition) is 5. The lowest BCUT2D eigenvalue weighted by Gasteiger charge is -2.21. The Morgan fingerprint density at radius 1 is 1.62 bits per heavy atom. The topological polar surface area (TPSA) is 59.9 Å². The summed E-state index contributed by atoms with van der Waals surface area (Å²) in [7, 11) is 2.88. The summed E-state index contributed by atoms with van der Waals surface area (Å²) >= 11 is 0. The summed E-state index contributed by atoms with van der Waals surface area (Å²) < 4.78 is 4.62. The molecule has 0 aromatic heterocycles. The number of oxime groups is 1. The Labute approximate surface area is 77.1 Å². The average Bonchev–Trinajstić information content (AvgIpc) is 2.18. The summed E-state index contributed by atoms with van der Waals surface area (Å²) in [5.41, 5.74) is 0.900. The number of carbonyl (C=O) groups excluding carboxylic acids is 1. The van der Waals surface area contributed by atoms with Gasteiger partial charge in [-0.3, -0.25) is 4.79 Å². The maximum Gasteiger partial charge on any atom is 0.323 e. The van der Waals surface area contributed by atoms with Crippen LogP contribution in [0.3, 0.4) is 0 Å². The quantitative estimate of drug-likeness (QED) is 0.484. The van der Waals surface area contributed by atoms with Crippen molar-refractivity contribution < 1.29 is 14.4 Å². The average molecular weight is 186 g/mol. The molecule has 74 valence electrons. The molecular formula is C8H14N2O3. The van der Waals surface area contributed by atoms with Crippen molar-refractivity contribution in [3.8, 4) is 0 Å². The van der Waals surface area contributed by atoms with Gasteiger partial charge in [0.15, 0.2) is 0 Å². The van der Waals surface area contributed by atoms with Gasteiger partial charge in [0, 0.05) is 19.4 Å². The van der Waals surface area contributed by atoms with Crippen LogP contribution in [0.4, 0.5) is 0 Å². The van der Waals surface area contributed by atoms with E-state index in [1.807, 2.05) is 0 Å². The minimum atomic E-state index is -0.271. The van der Waals surface area contributed by atoms with Gasteiger partial charge in [-0.2, -0.15) is 0 Å². The first-order valence-electron chi connectivity index (χ1n) is 4.18. The van der Waals surface area contributed by atoms with Crippen LogP contribution in [0.1, 0.15) is 12.8 Å². The van der Waals surface area contributed by atoms with E-state index in [0.29, 0.717) is 6.42 Å². The fourth-order valence-corrected chi connectivity index (χ4v) is 1.32. The predicted octanol–water partition coefficient (Wildman–Crippen LogP) is -0.0862. The minimum absolute atomic E-state index is 0.247. The van der Waals surface area contributed by atoms with E-state index < -0.39 is 0 Å². The van der Waals surface area contributed by atoms with Gasteiger partial charge in [-0.25, -0.2) is 0 Å². The third-order valence-electron chi connectivity index (χ3n) is 1.95. The third-order valence-corrected chi connectivity index (χ3v) is 1.95. The van der Waals surface area contributed by atoms with E-state index in [1.54, 1.807) is 0 Å². The van der Waals surface area contributed by atoms with Crippen molar-refractivity contribution in [2.45, 2.75) is 18.9 Å². The lowest BCUT2D eigenvalue weighted by atomic mass is 10.0. The molecule has 0 radical (unpaired) electrons. The lowest BCUT2D eigenvalue weighted by molar-refractivity contribution is -0.143. The van der Waals surface area contributed by atoms with Crippen LogP contribution in [-0.2, 0) is 14.4 Å². The molecular weight excluding hydrogens is 172 g/mol. The molecule has 5 nitrogen and oxygen atoms in total. The zero-order valence-electron chi connectivity index (χ0n) is 7.87. The predicted molar refractivity (Wildman–Crippen MR) is 47.5 cm³/mol. The van der Waals surface area contributed by atoms with Crippen molar-refractivity contribution >= 4 is 11.7 Å². The Hall–Kier alpha value is -1.10. The molecule has 5 heteroatoms. The van der Waals surface area contributed by atoms with E-state index in [2.05, 4.69) is 20.0 Å². The van der Waals surface area contributed by atoms with Crippen molar-refractivity contribution in [3.63, 3.8) is 0 Å². The lowest BCUT2D eigenvalue weighted by Crippen LogP contribution is -2.44. The fraction of sp³-hybridized carbons (Fsp3) is 0.750. The molecule has 0 aromatic carbocycles. The molecule has 1 aliphatic rings. The van der Waals surface area contributed by atoms with Crippen LogP contribution in [-0.4, -0.2) is 38.5 Å². The van der Waals surface area contributed by atoms with Gasteiger partial charge < -0.3 is 14.9 Å². The Morgan fingerprint density at radius 2 is 2.38 bits per heavy atom. The highest BCUT2D eigenvalue weighted by Gasteiger charge is 2.24. The number of methoxy groups -OCH3 is 1. The maximum atomic E-state index is 11.1. The zero-order chi connectivity index (χ0) is 9.68. The normalized spacial score (nSPS) is 25.7. The van der Waals surface area contributed by atoms with E-state index in [-0.39, 0.29) is 12.0 Å². The molecule has 1 unspecified atom stereocenters. The van der Waals surface area contributed by atoms with E-state index in [9.17, 15) is 4.79 Å².